The third kappa shape index (κ3) is 3.29. The van der Waals surface area contributed by atoms with Gasteiger partial charge in [-0.15, -0.1) is 0 Å². The zero-order chi connectivity index (χ0) is 17.6. The van der Waals surface area contributed by atoms with Crippen LogP contribution in [0, 0.1) is 5.92 Å². The largest absolute Gasteiger partial charge is 0.411 e. The number of rotatable bonds is 3. The summed E-state index contributed by atoms with van der Waals surface area (Å²) in [7, 11) is -3.34. The van der Waals surface area contributed by atoms with E-state index in [1.807, 2.05) is 0 Å². The minimum Gasteiger partial charge on any atom is -0.323 e. The number of nitrogens with zero attached hydrogens (tertiary/aromatic N) is 1. The van der Waals surface area contributed by atoms with Crippen LogP contribution in [0.4, 0.5) is 18.0 Å². The maximum absolute atomic E-state index is 13.3. The summed E-state index contributed by atoms with van der Waals surface area (Å²) in [5.41, 5.74) is -2.26. The lowest BCUT2D eigenvalue weighted by molar-refractivity contribution is -0.194. The van der Waals surface area contributed by atoms with Gasteiger partial charge in [0, 0.05) is 13.1 Å². The summed E-state index contributed by atoms with van der Waals surface area (Å²) in [4.78, 5) is 13.5. The van der Waals surface area contributed by atoms with E-state index >= 15 is 0 Å². The smallest absolute Gasteiger partial charge is 0.323 e. The molecule has 1 saturated carbocycles. The summed E-state index contributed by atoms with van der Waals surface area (Å²) in [5, 5.41) is 0.625. The topological polar surface area (TPSA) is 66.5 Å². The van der Waals surface area contributed by atoms with Crippen molar-refractivity contribution in [2.24, 2.45) is 5.92 Å². The van der Waals surface area contributed by atoms with Crippen molar-refractivity contribution in [3.05, 3.63) is 0 Å². The van der Waals surface area contributed by atoms with Crippen molar-refractivity contribution in [1.29, 1.82) is 0 Å². The number of sulfone groups is 1. The summed E-state index contributed by atoms with van der Waals surface area (Å²) >= 11 is 0. The van der Waals surface area contributed by atoms with Crippen LogP contribution in [0.25, 0.3) is 0 Å². The molecule has 0 aromatic carbocycles. The van der Waals surface area contributed by atoms with E-state index in [4.69, 9.17) is 0 Å². The van der Waals surface area contributed by atoms with Crippen LogP contribution in [0.2, 0.25) is 0 Å². The number of alkyl halides is 3. The van der Waals surface area contributed by atoms with Crippen LogP contribution in [0.1, 0.15) is 40.0 Å². The van der Waals surface area contributed by atoms with Crippen molar-refractivity contribution >= 4 is 15.9 Å². The highest BCUT2D eigenvalue weighted by Gasteiger charge is 2.60. The predicted molar refractivity (Wildman–Crippen MR) is 79.7 cm³/mol. The van der Waals surface area contributed by atoms with E-state index < -0.39 is 44.0 Å². The summed E-state index contributed by atoms with van der Waals surface area (Å²) in [6, 6.07) is -0.836. The Labute approximate surface area is 134 Å². The molecule has 2 aliphatic rings. The van der Waals surface area contributed by atoms with Crippen molar-refractivity contribution in [2.75, 3.05) is 13.1 Å². The number of hydrogen-bond donors (Lipinski definition) is 1. The van der Waals surface area contributed by atoms with Gasteiger partial charge >= 0.3 is 12.2 Å². The van der Waals surface area contributed by atoms with E-state index in [0.29, 0.717) is 19.3 Å². The van der Waals surface area contributed by atoms with Gasteiger partial charge in [-0.2, -0.15) is 13.2 Å². The maximum Gasteiger partial charge on any atom is 0.411 e. The van der Waals surface area contributed by atoms with E-state index in [-0.39, 0.29) is 13.1 Å². The van der Waals surface area contributed by atoms with Crippen LogP contribution in [0.3, 0.4) is 0 Å². The Kier molecular flexibility index (Phi) is 4.65. The highest BCUT2D eigenvalue weighted by atomic mass is 32.2. The molecular formula is C14H23F3N2O3S. The number of halogens is 3. The lowest BCUT2D eigenvalue weighted by Crippen LogP contribution is -2.63. The minimum absolute atomic E-state index is 0.0619. The van der Waals surface area contributed by atoms with Crippen molar-refractivity contribution in [3.63, 3.8) is 0 Å². The third-order valence-electron chi connectivity index (χ3n) is 5.02. The highest BCUT2D eigenvalue weighted by molar-refractivity contribution is 7.92. The number of hydrogen-bond acceptors (Lipinski definition) is 3. The van der Waals surface area contributed by atoms with Gasteiger partial charge in [0.25, 0.3) is 0 Å². The molecule has 1 saturated heterocycles. The molecule has 2 amide bonds. The molecule has 2 rings (SSSR count). The fraction of sp³-hybridized carbons (Fsp3) is 0.929. The van der Waals surface area contributed by atoms with E-state index in [2.05, 4.69) is 5.32 Å². The Morgan fingerprint density at radius 1 is 1.26 bits per heavy atom. The molecule has 0 aromatic rings. The molecule has 3 unspecified atom stereocenters. The average Bonchev–Trinajstić information content (AvgIpc) is 3.24. The fourth-order valence-corrected chi connectivity index (χ4v) is 4.96. The molecule has 0 bridgehead atoms. The van der Waals surface area contributed by atoms with Gasteiger partial charge in [-0.05, 0) is 39.0 Å². The second kappa shape index (κ2) is 5.82. The van der Waals surface area contributed by atoms with Crippen LogP contribution in [0.5, 0.6) is 0 Å². The molecule has 0 spiro atoms. The first-order valence-electron chi connectivity index (χ1n) is 7.80. The normalized spacial score (nSPS) is 30.6. The summed E-state index contributed by atoms with van der Waals surface area (Å²) in [6.07, 6.45) is -3.35. The van der Waals surface area contributed by atoms with Crippen molar-refractivity contribution < 1.29 is 26.4 Å². The molecule has 23 heavy (non-hydrogen) atoms. The second-order valence-electron chi connectivity index (χ2n) is 6.74. The van der Waals surface area contributed by atoms with E-state index in [9.17, 15) is 26.4 Å². The Bertz CT molecular complexity index is 574. The SMILES string of the molecule is CCC1CN(C(=O)NC(C)(C2CC2)C(F)(F)F)CC(C)S1(=O)=O. The van der Waals surface area contributed by atoms with E-state index in [0.717, 1.165) is 6.92 Å². The molecule has 5 nitrogen and oxygen atoms in total. The molecule has 0 aromatic heterocycles. The van der Waals surface area contributed by atoms with Gasteiger partial charge in [-0.1, -0.05) is 6.92 Å². The minimum atomic E-state index is -4.54. The Morgan fingerprint density at radius 2 is 1.83 bits per heavy atom. The van der Waals surface area contributed by atoms with Gasteiger partial charge in [-0.3, -0.25) is 0 Å². The van der Waals surface area contributed by atoms with Crippen LogP contribution in [-0.2, 0) is 9.84 Å². The maximum atomic E-state index is 13.3. The van der Waals surface area contributed by atoms with Gasteiger partial charge in [0.15, 0.2) is 9.84 Å². The molecule has 1 N–H and O–H groups in total. The van der Waals surface area contributed by atoms with Crippen LogP contribution < -0.4 is 5.32 Å². The Hall–Kier alpha value is -0.990. The van der Waals surface area contributed by atoms with Gasteiger partial charge in [0.2, 0.25) is 0 Å². The highest BCUT2D eigenvalue weighted by Crippen LogP contribution is 2.48. The summed E-state index contributed by atoms with van der Waals surface area (Å²) in [5.74, 6) is -0.612. The van der Waals surface area contributed by atoms with E-state index in [1.54, 1.807) is 6.92 Å². The molecule has 1 aliphatic carbocycles. The molecule has 1 aliphatic heterocycles. The fourth-order valence-electron chi connectivity index (χ4n) is 3.06. The average molecular weight is 356 g/mol. The lowest BCUT2D eigenvalue weighted by atomic mass is 9.95. The first-order chi connectivity index (χ1) is 10.4. The molecule has 3 atom stereocenters. The van der Waals surface area contributed by atoms with Crippen LogP contribution in [0.15, 0.2) is 0 Å². The second-order valence-corrected chi connectivity index (χ2v) is 9.39. The lowest BCUT2D eigenvalue weighted by Gasteiger charge is -2.39. The number of carbonyl (C=O) groups is 1. The molecular weight excluding hydrogens is 333 g/mol. The zero-order valence-corrected chi connectivity index (χ0v) is 14.3. The van der Waals surface area contributed by atoms with Gasteiger partial charge < -0.3 is 10.2 Å². The quantitative estimate of drug-likeness (QED) is 0.844. The Balaban J connectivity index is 2.14. The van der Waals surface area contributed by atoms with Crippen LogP contribution >= 0.6 is 0 Å². The van der Waals surface area contributed by atoms with Gasteiger partial charge in [-0.25, -0.2) is 13.2 Å². The first kappa shape index (κ1) is 18.4. The van der Waals surface area contributed by atoms with Gasteiger partial charge in [0.1, 0.15) is 5.54 Å². The van der Waals surface area contributed by atoms with Crippen molar-refractivity contribution in [3.8, 4) is 0 Å². The monoisotopic (exact) mass is 356 g/mol. The predicted octanol–water partition coefficient (Wildman–Crippen LogP) is 2.32. The van der Waals surface area contributed by atoms with Crippen molar-refractivity contribution in [1.82, 2.24) is 10.2 Å². The molecule has 0 radical (unpaired) electrons. The number of nitrogens with one attached hydrogen (secondary N) is 1. The third-order valence-corrected chi connectivity index (χ3v) is 7.70. The van der Waals surface area contributed by atoms with Crippen molar-refractivity contribution in [2.45, 2.75) is 62.2 Å². The first-order valence-corrected chi connectivity index (χ1v) is 9.41. The molecule has 2 fully saturated rings. The number of carbonyl (C=O) groups excluding carboxylic acids is 1. The molecule has 134 valence electrons. The van der Waals surface area contributed by atoms with Gasteiger partial charge in [0.05, 0.1) is 10.5 Å². The number of amides is 2. The Morgan fingerprint density at radius 3 is 2.26 bits per heavy atom. The van der Waals surface area contributed by atoms with E-state index in [1.165, 1.54) is 11.8 Å². The molecule has 1 heterocycles. The molecule has 9 heteroatoms. The van der Waals surface area contributed by atoms with Crippen LogP contribution in [-0.4, -0.2) is 54.7 Å². The zero-order valence-electron chi connectivity index (χ0n) is 13.5. The summed E-state index contributed by atoms with van der Waals surface area (Å²) in [6.45, 7) is 4.04. The summed E-state index contributed by atoms with van der Waals surface area (Å²) < 4.78 is 64.3. The standard InChI is InChI=1S/C14H23F3N2O3S/c1-4-11-8-19(7-9(2)23(11,21)22)12(20)18-13(3,10-5-6-10)14(15,16)17/h9-11H,4-8H2,1-3H3,(H,18,20). The number of urea groups is 1.